The van der Waals surface area contributed by atoms with Crippen LogP contribution in [0.4, 0.5) is 5.69 Å². The van der Waals surface area contributed by atoms with Gasteiger partial charge in [0.25, 0.3) is 5.91 Å². The second kappa shape index (κ2) is 7.54. The molecule has 0 bridgehead atoms. The summed E-state index contributed by atoms with van der Waals surface area (Å²) in [5.41, 5.74) is 3.19. The predicted octanol–water partition coefficient (Wildman–Crippen LogP) is 5.34. The van der Waals surface area contributed by atoms with Crippen molar-refractivity contribution in [2.45, 2.75) is 51.5 Å². The molecule has 0 aliphatic heterocycles. The van der Waals surface area contributed by atoms with Crippen LogP contribution in [-0.4, -0.2) is 20.8 Å². The van der Waals surface area contributed by atoms with Crippen molar-refractivity contribution in [3.05, 3.63) is 54.1 Å². The number of carbonyl (C=O) groups excluding carboxylic acids is 1. The summed E-state index contributed by atoms with van der Waals surface area (Å²) in [6.07, 6.45) is 6.12. The van der Waals surface area contributed by atoms with E-state index in [-0.39, 0.29) is 17.4 Å². The maximum absolute atomic E-state index is 12.1. The average Bonchev–Trinajstić information content (AvgIpc) is 3.30. The minimum Gasteiger partial charge on any atom is -0.507 e. The molecule has 1 aromatic carbocycles. The fourth-order valence-electron chi connectivity index (χ4n) is 3.50. The first kappa shape index (κ1) is 18.3. The Bertz CT molecular complexity index is 949. The molecule has 146 valence electrons. The summed E-state index contributed by atoms with van der Waals surface area (Å²) in [5, 5.41) is 18.1. The number of benzene rings is 1. The molecule has 0 saturated heterocycles. The number of phenolic OH excluding ortho intramolecular Hbond substituents is 1. The zero-order chi connectivity index (χ0) is 19.7. The van der Waals surface area contributed by atoms with Gasteiger partial charge in [0, 0.05) is 35.0 Å². The second-order valence-corrected chi connectivity index (χ2v) is 7.45. The topological polar surface area (TPSA) is 80.3 Å². The molecule has 1 fully saturated rings. The van der Waals surface area contributed by atoms with Crippen LogP contribution in [0.3, 0.4) is 0 Å². The first-order valence-corrected chi connectivity index (χ1v) is 9.84. The van der Waals surface area contributed by atoms with Crippen molar-refractivity contribution in [2.24, 2.45) is 0 Å². The first-order valence-electron chi connectivity index (χ1n) is 9.84. The zero-order valence-corrected chi connectivity index (χ0v) is 16.2. The van der Waals surface area contributed by atoms with Gasteiger partial charge in [-0.05, 0) is 56.5 Å². The van der Waals surface area contributed by atoms with Gasteiger partial charge in [0.05, 0.1) is 12.0 Å². The Morgan fingerprint density at radius 2 is 2.18 bits per heavy atom. The van der Waals surface area contributed by atoms with E-state index in [1.165, 1.54) is 31.2 Å². The van der Waals surface area contributed by atoms with Gasteiger partial charge in [-0.25, -0.2) is 0 Å². The maximum atomic E-state index is 12.1. The average molecular weight is 379 g/mol. The number of aromatic hydroxyl groups is 1. The van der Waals surface area contributed by atoms with E-state index in [1.807, 2.05) is 0 Å². The maximum Gasteiger partial charge on any atom is 0.291 e. The molecule has 28 heavy (non-hydrogen) atoms. The smallest absolute Gasteiger partial charge is 0.291 e. The quantitative estimate of drug-likeness (QED) is 0.606. The SMILES string of the molecule is CCC(C)n1nc(-c2ccc(NC(=O)c3ccco3)cc2O)cc1C1CCC1. The lowest BCUT2D eigenvalue weighted by Crippen LogP contribution is -2.17. The Hall–Kier alpha value is -3.02. The molecule has 2 aromatic heterocycles. The first-order chi connectivity index (χ1) is 13.6. The number of hydrogen-bond acceptors (Lipinski definition) is 4. The Kier molecular flexibility index (Phi) is 4.94. The summed E-state index contributed by atoms with van der Waals surface area (Å²) in [5.74, 6) is 0.516. The number of hydrogen-bond donors (Lipinski definition) is 2. The Labute approximate surface area is 164 Å². The van der Waals surface area contributed by atoms with E-state index in [2.05, 4.69) is 29.9 Å². The monoisotopic (exact) mass is 379 g/mol. The number of anilines is 1. The summed E-state index contributed by atoms with van der Waals surface area (Å²) in [6, 6.07) is 10.8. The van der Waals surface area contributed by atoms with E-state index in [0.717, 1.165) is 12.1 Å². The summed E-state index contributed by atoms with van der Waals surface area (Å²) >= 11 is 0. The molecule has 0 radical (unpaired) electrons. The highest BCUT2D eigenvalue weighted by Crippen LogP contribution is 2.40. The fourth-order valence-corrected chi connectivity index (χ4v) is 3.50. The van der Waals surface area contributed by atoms with Crippen LogP contribution in [-0.2, 0) is 0 Å². The molecule has 2 N–H and O–H groups in total. The van der Waals surface area contributed by atoms with E-state index in [9.17, 15) is 9.90 Å². The number of furan rings is 1. The van der Waals surface area contributed by atoms with Gasteiger partial charge in [0.1, 0.15) is 5.75 Å². The number of carbonyl (C=O) groups is 1. The predicted molar refractivity (Wildman–Crippen MR) is 108 cm³/mol. The van der Waals surface area contributed by atoms with Crippen LogP contribution in [0, 0.1) is 0 Å². The Morgan fingerprint density at radius 3 is 2.79 bits per heavy atom. The van der Waals surface area contributed by atoms with Crippen LogP contribution in [0.15, 0.2) is 47.1 Å². The molecular weight excluding hydrogens is 354 g/mol. The third-order valence-electron chi connectivity index (χ3n) is 5.57. The summed E-state index contributed by atoms with van der Waals surface area (Å²) in [7, 11) is 0. The highest BCUT2D eigenvalue weighted by Gasteiger charge is 2.26. The van der Waals surface area contributed by atoms with E-state index in [4.69, 9.17) is 9.52 Å². The van der Waals surface area contributed by atoms with Gasteiger partial charge in [0.2, 0.25) is 0 Å². The molecule has 1 aliphatic rings. The third-order valence-corrected chi connectivity index (χ3v) is 5.57. The van der Waals surface area contributed by atoms with Crippen LogP contribution in [0.2, 0.25) is 0 Å². The molecule has 0 spiro atoms. The molecule has 2 heterocycles. The number of phenols is 1. The third kappa shape index (κ3) is 3.42. The standard InChI is InChI=1S/C22H25N3O3/c1-3-14(2)25-19(15-6-4-7-15)13-18(24-25)17-10-9-16(12-20(17)26)23-22(27)21-8-5-11-28-21/h5,8-15,26H,3-4,6-7H2,1-2H3,(H,23,27). The summed E-state index contributed by atoms with van der Waals surface area (Å²) < 4.78 is 7.21. The highest BCUT2D eigenvalue weighted by molar-refractivity contribution is 6.02. The normalized spacial score (nSPS) is 15.2. The number of aromatic nitrogens is 2. The molecule has 1 aliphatic carbocycles. The van der Waals surface area contributed by atoms with Crippen LogP contribution in [0.5, 0.6) is 5.75 Å². The number of nitrogens with zero attached hydrogens (tertiary/aromatic N) is 2. The summed E-state index contributed by atoms with van der Waals surface area (Å²) in [6.45, 7) is 4.33. The van der Waals surface area contributed by atoms with Crippen LogP contribution in [0.25, 0.3) is 11.3 Å². The van der Waals surface area contributed by atoms with Crippen molar-refractivity contribution in [2.75, 3.05) is 5.32 Å². The minimum absolute atomic E-state index is 0.0891. The van der Waals surface area contributed by atoms with Crippen molar-refractivity contribution in [1.82, 2.24) is 9.78 Å². The molecule has 1 unspecified atom stereocenters. The highest BCUT2D eigenvalue weighted by atomic mass is 16.3. The number of nitrogens with one attached hydrogen (secondary N) is 1. The summed E-state index contributed by atoms with van der Waals surface area (Å²) in [4.78, 5) is 12.1. The van der Waals surface area contributed by atoms with Crippen LogP contribution < -0.4 is 5.32 Å². The van der Waals surface area contributed by atoms with Gasteiger partial charge >= 0.3 is 0 Å². The molecule has 1 atom stereocenters. The van der Waals surface area contributed by atoms with Crippen molar-refractivity contribution < 1.29 is 14.3 Å². The zero-order valence-electron chi connectivity index (χ0n) is 16.2. The minimum atomic E-state index is -0.356. The van der Waals surface area contributed by atoms with Gasteiger partial charge in [0.15, 0.2) is 5.76 Å². The molecule has 1 amide bonds. The van der Waals surface area contributed by atoms with Gasteiger partial charge in [-0.2, -0.15) is 5.10 Å². The Morgan fingerprint density at radius 1 is 1.36 bits per heavy atom. The molecule has 1 saturated carbocycles. The van der Waals surface area contributed by atoms with Crippen molar-refractivity contribution in [3.63, 3.8) is 0 Å². The molecule has 3 aromatic rings. The number of rotatable bonds is 6. The van der Waals surface area contributed by atoms with Gasteiger partial charge in [-0.1, -0.05) is 13.3 Å². The second-order valence-electron chi connectivity index (χ2n) is 7.45. The fraction of sp³-hybridized carbons (Fsp3) is 0.364. The molecule has 4 rings (SSSR count). The van der Waals surface area contributed by atoms with E-state index < -0.39 is 0 Å². The molecular formula is C22H25N3O3. The van der Waals surface area contributed by atoms with Crippen molar-refractivity contribution in [1.29, 1.82) is 0 Å². The van der Waals surface area contributed by atoms with E-state index in [1.54, 1.807) is 30.3 Å². The largest absolute Gasteiger partial charge is 0.507 e. The number of amides is 1. The van der Waals surface area contributed by atoms with Gasteiger partial charge in [-0.3, -0.25) is 9.48 Å². The van der Waals surface area contributed by atoms with E-state index >= 15 is 0 Å². The Balaban J connectivity index is 1.60. The lowest BCUT2D eigenvalue weighted by atomic mass is 9.82. The lowest BCUT2D eigenvalue weighted by Gasteiger charge is -2.27. The van der Waals surface area contributed by atoms with Crippen molar-refractivity contribution >= 4 is 11.6 Å². The van der Waals surface area contributed by atoms with Gasteiger partial charge < -0.3 is 14.8 Å². The van der Waals surface area contributed by atoms with Gasteiger partial charge in [-0.15, -0.1) is 0 Å². The van der Waals surface area contributed by atoms with Crippen LogP contribution in [0.1, 0.15) is 67.7 Å². The van der Waals surface area contributed by atoms with E-state index in [0.29, 0.717) is 23.2 Å². The lowest BCUT2D eigenvalue weighted by molar-refractivity contribution is 0.0996. The van der Waals surface area contributed by atoms with Crippen LogP contribution >= 0.6 is 0 Å². The van der Waals surface area contributed by atoms with Crippen molar-refractivity contribution in [3.8, 4) is 17.0 Å². The molecule has 6 nitrogen and oxygen atoms in total. The molecule has 6 heteroatoms.